The van der Waals surface area contributed by atoms with Gasteiger partial charge in [-0.15, -0.1) is 0 Å². The molecule has 0 aliphatic rings. The zero-order valence-corrected chi connectivity index (χ0v) is 13.4. The Morgan fingerprint density at radius 2 is 1.50 bits per heavy atom. The van der Waals surface area contributed by atoms with Crippen molar-refractivity contribution < 1.29 is 18.3 Å². The maximum absolute atomic E-state index is 12.2. The molecule has 0 aliphatic heterocycles. The molecule has 0 unspecified atom stereocenters. The minimum atomic E-state index is -3.76. The zero-order valence-electron chi connectivity index (χ0n) is 12.6. The molecule has 1 aromatic rings. The second-order valence-electron chi connectivity index (χ2n) is 6.52. The van der Waals surface area contributed by atoms with Crippen molar-refractivity contribution in [3.05, 3.63) is 35.4 Å². The first kappa shape index (κ1) is 16.7. The fourth-order valence-corrected chi connectivity index (χ4v) is 2.89. The van der Waals surface area contributed by atoms with Crippen molar-refractivity contribution >= 4 is 15.8 Å². The van der Waals surface area contributed by atoms with E-state index in [4.69, 9.17) is 5.11 Å². The van der Waals surface area contributed by atoms with Crippen molar-refractivity contribution in [3.8, 4) is 0 Å². The molecule has 0 bridgehead atoms. The van der Waals surface area contributed by atoms with Crippen LogP contribution in [0, 0.1) is 0 Å². The maximum Gasteiger partial charge on any atom is 0.324 e. The number of sulfone groups is 1. The van der Waals surface area contributed by atoms with E-state index in [-0.39, 0.29) is 11.2 Å². The van der Waals surface area contributed by atoms with Crippen LogP contribution in [0.2, 0.25) is 0 Å². The minimum absolute atomic E-state index is 0.00224. The molecule has 1 N–H and O–H groups in total. The van der Waals surface area contributed by atoms with E-state index in [1.165, 1.54) is 13.8 Å². The summed E-state index contributed by atoms with van der Waals surface area (Å²) in [6.45, 7) is 8.66. The van der Waals surface area contributed by atoms with Crippen molar-refractivity contribution in [2.24, 2.45) is 0 Å². The number of rotatable bonds is 4. The SMILES string of the molecule is CC(C)(C)c1ccc(CS(=O)(=O)C(C)(C)C(=O)O)cc1. The molecule has 0 spiro atoms. The predicted molar refractivity (Wildman–Crippen MR) is 79.5 cm³/mol. The Balaban J connectivity index is 3.03. The molecule has 0 radical (unpaired) electrons. The summed E-state index contributed by atoms with van der Waals surface area (Å²) >= 11 is 0. The smallest absolute Gasteiger partial charge is 0.324 e. The summed E-state index contributed by atoms with van der Waals surface area (Å²) in [7, 11) is -3.76. The summed E-state index contributed by atoms with van der Waals surface area (Å²) in [4.78, 5) is 11.1. The van der Waals surface area contributed by atoms with E-state index in [1.54, 1.807) is 12.1 Å². The molecule has 0 aliphatic carbocycles. The zero-order chi connectivity index (χ0) is 15.8. The third-order valence-corrected chi connectivity index (χ3v) is 5.91. The normalized spacial score (nSPS) is 13.2. The Bertz CT molecular complexity index is 590. The highest BCUT2D eigenvalue weighted by atomic mass is 32.2. The van der Waals surface area contributed by atoms with Gasteiger partial charge in [0.25, 0.3) is 0 Å². The first-order chi connectivity index (χ1) is 8.88. The highest BCUT2D eigenvalue weighted by Crippen LogP contribution is 2.25. The fourth-order valence-electron chi connectivity index (χ4n) is 1.63. The molecule has 112 valence electrons. The van der Waals surface area contributed by atoms with Crippen LogP contribution in [0.4, 0.5) is 0 Å². The summed E-state index contributed by atoms with van der Waals surface area (Å²) in [5.41, 5.74) is 1.71. The van der Waals surface area contributed by atoms with Crippen LogP contribution in [0.1, 0.15) is 45.7 Å². The third-order valence-electron chi connectivity index (χ3n) is 3.47. The largest absolute Gasteiger partial charge is 0.480 e. The summed E-state index contributed by atoms with van der Waals surface area (Å²) in [5, 5.41) is 9.03. The standard InChI is InChI=1S/C15H22O4S/c1-14(2,3)12-8-6-11(7-9-12)10-20(18,19)15(4,5)13(16)17/h6-9H,10H2,1-5H3,(H,16,17). The lowest BCUT2D eigenvalue weighted by Crippen LogP contribution is -2.41. The number of carbonyl (C=O) groups is 1. The Labute approximate surface area is 120 Å². The van der Waals surface area contributed by atoms with Crippen LogP contribution in [0.3, 0.4) is 0 Å². The Morgan fingerprint density at radius 3 is 1.85 bits per heavy atom. The van der Waals surface area contributed by atoms with Crippen LogP contribution in [0.15, 0.2) is 24.3 Å². The second kappa shape index (κ2) is 5.20. The molecule has 20 heavy (non-hydrogen) atoms. The van der Waals surface area contributed by atoms with E-state index in [1.807, 2.05) is 12.1 Å². The molecule has 5 heteroatoms. The molecular weight excluding hydrogens is 276 g/mol. The van der Waals surface area contributed by atoms with Gasteiger partial charge in [0.2, 0.25) is 0 Å². The van der Waals surface area contributed by atoms with Gasteiger partial charge in [-0.3, -0.25) is 4.79 Å². The van der Waals surface area contributed by atoms with Gasteiger partial charge < -0.3 is 5.11 Å². The number of hydrogen-bond donors (Lipinski definition) is 1. The van der Waals surface area contributed by atoms with Gasteiger partial charge in [-0.05, 0) is 30.4 Å². The highest BCUT2D eigenvalue weighted by molar-refractivity contribution is 7.92. The molecule has 0 heterocycles. The quantitative estimate of drug-likeness (QED) is 0.927. The average Bonchev–Trinajstić information content (AvgIpc) is 2.27. The van der Waals surface area contributed by atoms with Gasteiger partial charge >= 0.3 is 5.97 Å². The molecular formula is C15H22O4S. The van der Waals surface area contributed by atoms with Crippen molar-refractivity contribution in [2.75, 3.05) is 0 Å². The summed E-state index contributed by atoms with van der Waals surface area (Å²) in [5.74, 6) is -1.60. The maximum atomic E-state index is 12.2. The number of hydrogen-bond acceptors (Lipinski definition) is 3. The van der Waals surface area contributed by atoms with Crippen LogP contribution in [-0.4, -0.2) is 24.2 Å². The molecule has 1 rings (SSSR count). The summed E-state index contributed by atoms with van der Waals surface area (Å²) < 4.78 is 22.5. The van der Waals surface area contributed by atoms with Crippen LogP contribution < -0.4 is 0 Å². The van der Waals surface area contributed by atoms with Crippen molar-refractivity contribution in [2.45, 2.75) is 50.5 Å². The summed E-state index contributed by atoms with van der Waals surface area (Å²) in [6.07, 6.45) is 0. The van der Waals surface area contributed by atoms with Crippen molar-refractivity contribution in [3.63, 3.8) is 0 Å². The lowest BCUT2D eigenvalue weighted by molar-refractivity contribution is -0.139. The lowest BCUT2D eigenvalue weighted by atomic mass is 9.87. The van der Waals surface area contributed by atoms with Crippen LogP contribution in [0.5, 0.6) is 0 Å². The van der Waals surface area contributed by atoms with Gasteiger partial charge in [-0.1, -0.05) is 45.0 Å². The first-order valence-corrected chi connectivity index (χ1v) is 8.08. The Hall–Kier alpha value is -1.36. The molecule has 4 nitrogen and oxygen atoms in total. The minimum Gasteiger partial charge on any atom is -0.480 e. The number of carboxylic acids is 1. The Morgan fingerprint density at radius 1 is 1.05 bits per heavy atom. The topological polar surface area (TPSA) is 71.4 Å². The molecule has 0 saturated carbocycles. The summed E-state index contributed by atoms with van der Waals surface area (Å²) in [6, 6.07) is 7.27. The van der Waals surface area contributed by atoms with E-state index in [9.17, 15) is 13.2 Å². The van der Waals surface area contributed by atoms with Gasteiger partial charge in [-0.2, -0.15) is 0 Å². The number of aliphatic carboxylic acids is 1. The average molecular weight is 298 g/mol. The van der Waals surface area contributed by atoms with Crippen LogP contribution in [0.25, 0.3) is 0 Å². The molecule has 0 aromatic heterocycles. The molecule has 1 aromatic carbocycles. The Kier molecular flexibility index (Phi) is 4.34. The van der Waals surface area contributed by atoms with E-state index in [0.29, 0.717) is 5.56 Å². The van der Waals surface area contributed by atoms with Crippen LogP contribution >= 0.6 is 0 Å². The van der Waals surface area contributed by atoms with Gasteiger partial charge in [0.1, 0.15) is 0 Å². The fraction of sp³-hybridized carbons (Fsp3) is 0.533. The van der Waals surface area contributed by atoms with Crippen LogP contribution in [-0.2, 0) is 25.8 Å². The second-order valence-corrected chi connectivity index (χ2v) is 9.06. The van der Waals surface area contributed by atoms with E-state index < -0.39 is 20.6 Å². The van der Waals surface area contributed by atoms with Gasteiger partial charge in [0, 0.05) is 0 Å². The number of benzene rings is 1. The first-order valence-electron chi connectivity index (χ1n) is 6.43. The van der Waals surface area contributed by atoms with Crippen molar-refractivity contribution in [1.29, 1.82) is 0 Å². The van der Waals surface area contributed by atoms with Gasteiger partial charge in [-0.25, -0.2) is 8.42 Å². The molecule has 0 fully saturated rings. The van der Waals surface area contributed by atoms with E-state index >= 15 is 0 Å². The molecule has 0 saturated heterocycles. The highest BCUT2D eigenvalue weighted by Gasteiger charge is 2.41. The monoisotopic (exact) mass is 298 g/mol. The van der Waals surface area contributed by atoms with Gasteiger partial charge in [0.05, 0.1) is 5.75 Å². The predicted octanol–water partition coefficient (Wildman–Crippen LogP) is 2.76. The lowest BCUT2D eigenvalue weighted by Gasteiger charge is -2.21. The van der Waals surface area contributed by atoms with Crippen molar-refractivity contribution in [1.82, 2.24) is 0 Å². The molecule has 0 amide bonds. The third kappa shape index (κ3) is 3.39. The van der Waals surface area contributed by atoms with E-state index in [0.717, 1.165) is 5.56 Å². The van der Waals surface area contributed by atoms with Gasteiger partial charge in [0.15, 0.2) is 14.6 Å². The number of carboxylic acid groups (broad SMARTS) is 1. The molecule has 0 atom stereocenters. The van der Waals surface area contributed by atoms with E-state index in [2.05, 4.69) is 20.8 Å².